The van der Waals surface area contributed by atoms with E-state index in [1.54, 1.807) is 24.3 Å². The molecule has 1 heterocycles. The average molecular weight is 448 g/mol. The van der Waals surface area contributed by atoms with Crippen molar-refractivity contribution in [2.75, 3.05) is 16.4 Å². The molecule has 0 unspecified atom stereocenters. The Hall–Kier alpha value is -3.13. The first-order valence-electron chi connectivity index (χ1n) is 10.9. The molecule has 0 radical (unpaired) electrons. The number of aryl methyl sites for hydroxylation is 1. The van der Waals surface area contributed by atoms with E-state index in [-0.39, 0.29) is 17.6 Å². The minimum atomic E-state index is -0.262. The molecule has 8 heteroatoms. The van der Waals surface area contributed by atoms with Gasteiger partial charge in [-0.1, -0.05) is 36.0 Å². The number of amides is 2. The fourth-order valence-corrected chi connectivity index (χ4v) is 4.52. The zero-order valence-corrected chi connectivity index (χ0v) is 18.7. The summed E-state index contributed by atoms with van der Waals surface area (Å²) < 4.78 is 2.23. The molecule has 3 aromatic rings. The van der Waals surface area contributed by atoms with E-state index in [2.05, 4.69) is 25.4 Å². The number of benzene rings is 2. The average Bonchev–Trinajstić information content (AvgIpc) is 3.71. The van der Waals surface area contributed by atoms with Crippen LogP contribution in [0, 0.1) is 6.92 Å². The van der Waals surface area contributed by atoms with Crippen LogP contribution in [0.2, 0.25) is 0 Å². The van der Waals surface area contributed by atoms with Crippen LogP contribution in [-0.4, -0.2) is 32.3 Å². The van der Waals surface area contributed by atoms with E-state index in [0.717, 1.165) is 35.1 Å². The van der Waals surface area contributed by atoms with Crippen LogP contribution in [0.5, 0.6) is 0 Å². The minimum Gasteiger partial charge on any atom is -0.325 e. The molecule has 164 valence electrons. The maximum Gasteiger partial charge on any atom is 0.257 e. The van der Waals surface area contributed by atoms with Crippen molar-refractivity contribution in [1.29, 1.82) is 0 Å². The summed E-state index contributed by atoms with van der Waals surface area (Å²) in [6, 6.07) is 15.1. The monoisotopic (exact) mass is 447 g/mol. The Balaban J connectivity index is 1.24. The Kier molecular flexibility index (Phi) is 5.70. The highest BCUT2D eigenvalue weighted by molar-refractivity contribution is 7.99. The van der Waals surface area contributed by atoms with Crippen LogP contribution in [0.1, 0.15) is 59.4 Å². The third-order valence-corrected chi connectivity index (χ3v) is 6.54. The minimum absolute atomic E-state index is 0.177. The summed E-state index contributed by atoms with van der Waals surface area (Å²) in [7, 11) is 0. The third kappa shape index (κ3) is 4.70. The second kappa shape index (κ2) is 8.78. The van der Waals surface area contributed by atoms with Crippen molar-refractivity contribution >= 4 is 35.0 Å². The van der Waals surface area contributed by atoms with E-state index in [1.165, 1.54) is 24.6 Å². The lowest BCUT2D eigenvalue weighted by Crippen LogP contribution is -2.19. The molecule has 0 atom stereocenters. The highest BCUT2D eigenvalue weighted by Crippen LogP contribution is 2.46. The predicted molar refractivity (Wildman–Crippen MR) is 125 cm³/mol. The molecule has 2 saturated carbocycles. The van der Waals surface area contributed by atoms with Crippen molar-refractivity contribution in [3.05, 3.63) is 65.5 Å². The van der Waals surface area contributed by atoms with Gasteiger partial charge in [-0.2, -0.15) is 0 Å². The molecule has 0 spiro atoms. The van der Waals surface area contributed by atoms with Gasteiger partial charge in [0.1, 0.15) is 5.82 Å². The Morgan fingerprint density at radius 1 is 1.03 bits per heavy atom. The molecular formula is C24H25N5O2S. The molecule has 5 rings (SSSR count). The van der Waals surface area contributed by atoms with Crippen molar-refractivity contribution in [3.63, 3.8) is 0 Å². The number of rotatable bonds is 8. The smallest absolute Gasteiger partial charge is 0.257 e. The van der Waals surface area contributed by atoms with Crippen molar-refractivity contribution in [1.82, 2.24) is 14.8 Å². The van der Waals surface area contributed by atoms with E-state index in [0.29, 0.717) is 23.2 Å². The number of aromatic nitrogens is 3. The van der Waals surface area contributed by atoms with Crippen LogP contribution < -0.4 is 10.6 Å². The molecular weight excluding hydrogens is 422 g/mol. The summed E-state index contributed by atoms with van der Waals surface area (Å²) in [4.78, 5) is 25.5. The van der Waals surface area contributed by atoms with E-state index < -0.39 is 0 Å². The number of para-hydroxylation sites is 1. The zero-order valence-electron chi connectivity index (χ0n) is 17.9. The van der Waals surface area contributed by atoms with Gasteiger partial charge in [0.05, 0.1) is 17.0 Å². The van der Waals surface area contributed by atoms with Gasteiger partial charge in [-0.15, -0.1) is 10.2 Å². The van der Waals surface area contributed by atoms with Crippen LogP contribution >= 0.6 is 11.8 Å². The van der Waals surface area contributed by atoms with Gasteiger partial charge < -0.3 is 15.2 Å². The SMILES string of the molecule is Cc1cccc(NC(=O)c2ccccc2NC(=O)CSc2nnc(C3CC3)n2C2CC2)c1. The lowest BCUT2D eigenvalue weighted by Gasteiger charge is -2.12. The Bertz CT molecular complexity index is 1170. The number of hydrogen-bond donors (Lipinski definition) is 2. The first-order valence-corrected chi connectivity index (χ1v) is 11.9. The molecule has 2 aliphatic rings. The summed E-state index contributed by atoms with van der Waals surface area (Å²) in [5.41, 5.74) is 2.69. The van der Waals surface area contributed by atoms with Crippen molar-refractivity contribution < 1.29 is 9.59 Å². The standard InChI is InChI=1S/C24H25N5O2S/c1-15-5-4-6-17(13-15)25-23(31)19-7-2-3-8-20(19)26-21(30)14-32-24-28-27-22(16-9-10-16)29(24)18-11-12-18/h2-8,13,16,18H,9-12,14H2,1H3,(H,25,31)(H,26,30). The van der Waals surface area contributed by atoms with Crippen molar-refractivity contribution in [2.24, 2.45) is 0 Å². The molecule has 1 aromatic heterocycles. The molecule has 0 bridgehead atoms. The number of nitrogens with zero attached hydrogens (tertiary/aromatic N) is 3. The van der Waals surface area contributed by atoms with Crippen LogP contribution in [0.25, 0.3) is 0 Å². The molecule has 2 amide bonds. The molecule has 0 aliphatic heterocycles. The van der Waals surface area contributed by atoms with Crippen molar-refractivity contribution in [2.45, 2.75) is 49.7 Å². The fourth-order valence-electron chi connectivity index (χ4n) is 3.71. The van der Waals surface area contributed by atoms with Crippen LogP contribution in [-0.2, 0) is 4.79 Å². The number of anilines is 2. The van der Waals surface area contributed by atoms with Gasteiger partial charge in [-0.3, -0.25) is 9.59 Å². The number of thioether (sulfide) groups is 1. The summed E-state index contributed by atoms with van der Waals surface area (Å²) in [6.07, 6.45) is 4.66. The highest BCUT2D eigenvalue weighted by atomic mass is 32.2. The Labute approximate surface area is 191 Å². The number of nitrogens with one attached hydrogen (secondary N) is 2. The number of hydrogen-bond acceptors (Lipinski definition) is 5. The maximum absolute atomic E-state index is 12.8. The Morgan fingerprint density at radius 3 is 2.59 bits per heavy atom. The quantitative estimate of drug-likeness (QED) is 0.485. The molecule has 2 N–H and O–H groups in total. The van der Waals surface area contributed by atoms with Gasteiger partial charge in [0.2, 0.25) is 5.91 Å². The molecule has 2 fully saturated rings. The topological polar surface area (TPSA) is 88.9 Å². The molecule has 32 heavy (non-hydrogen) atoms. The van der Waals surface area contributed by atoms with E-state index in [9.17, 15) is 9.59 Å². The molecule has 2 aromatic carbocycles. The van der Waals surface area contributed by atoms with Gasteiger partial charge in [-0.25, -0.2) is 0 Å². The van der Waals surface area contributed by atoms with Gasteiger partial charge in [0, 0.05) is 17.6 Å². The predicted octanol–water partition coefficient (Wildman–Crippen LogP) is 4.78. The third-order valence-electron chi connectivity index (χ3n) is 5.60. The number of carbonyl (C=O) groups excluding carboxylic acids is 2. The Morgan fingerprint density at radius 2 is 1.84 bits per heavy atom. The van der Waals surface area contributed by atoms with Gasteiger partial charge in [0.15, 0.2) is 5.16 Å². The first kappa shape index (κ1) is 20.8. The molecule has 7 nitrogen and oxygen atoms in total. The summed E-state index contributed by atoms with van der Waals surface area (Å²) in [6.45, 7) is 1.97. The first-order chi connectivity index (χ1) is 15.6. The van der Waals surface area contributed by atoms with Crippen LogP contribution in [0.4, 0.5) is 11.4 Å². The second-order valence-electron chi connectivity index (χ2n) is 8.42. The van der Waals surface area contributed by atoms with Gasteiger partial charge >= 0.3 is 0 Å². The summed E-state index contributed by atoms with van der Waals surface area (Å²) in [5.74, 6) is 1.38. The summed E-state index contributed by atoms with van der Waals surface area (Å²) >= 11 is 1.40. The molecule has 0 saturated heterocycles. The lowest BCUT2D eigenvalue weighted by molar-refractivity contribution is -0.113. The van der Waals surface area contributed by atoms with E-state index in [1.807, 2.05) is 31.2 Å². The highest BCUT2D eigenvalue weighted by Gasteiger charge is 2.36. The number of carbonyl (C=O) groups is 2. The van der Waals surface area contributed by atoms with Gasteiger partial charge in [0.25, 0.3) is 5.91 Å². The normalized spacial score (nSPS) is 15.4. The second-order valence-corrected chi connectivity index (χ2v) is 9.36. The van der Waals surface area contributed by atoms with Crippen LogP contribution in [0.3, 0.4) is 0 Å². The van der Waals surface area contributed by atoms with Crippen molar-refractivity contribution in [3.8, 4) is 0 Å². The zero-order chi connectivity index (χ0) is 22.1. The lowest BCUT2D eigenvalue weighted by atomic mass is 10.1. The summed E-state index contributed by atoms with van der Waals surface area (Å²) in [5, 5.41) is 15.3. The van der Waals surface area contributed by atoms with Crippen LogP contribution in [0.15, 0.2) is 53.7 Å². The van der Waals surface area contributed by atoms with Gasteiger partial charge in [-0.05, 0) is 62.4 Å². The maximum atomic E-state index is 12.8. The largest absolute Gasteiger partial charge is 0.325 e. The van der Waals surface area contributed by atoms with E-state index >= 15 is 0 Å². The fraction of sp³-hybridized carbons (Fsp3) is 0.333. The van der Waals surface area contributed by atoms with E-state index in [4.69, 9.17) is 0 Å². The molecule has 2 aliphatic carbocycles.